The summed E-state index contributed by atoms with van der Waals surface area (Å²) in [6.45, 7) is 7.00. The van der Waals surface area contributed by atoms with Gasteiger partial charge in [0.2, 0.25) is 0 Å². The van der Waals surface area contributed by atoms with Crippen LogP contribution in [0.1, 0.15) is 42.1 Å². The molecule has 0 bridgehead atoms. The quantitative estimate of drug-likeness (QED) is 0.835. The lowest BCUT2D eigenvalue weighted by atomic mass is 9.95. The fraction of sp³-hybridized carbons (Fsp3) is 0.667. The van der Waals surface area contributed by atoms with Crippen LogP contribution in [-0.2, 0) is 0 Å². The smallest absolute Gasteiger partial charge is 0.266 e. The lowest BCUT2D eigenvalue weighted by Gasteiger charge is -2.36. The highest BCUT2D eigenvalue weighted by Gasteiger charge is 2.29. The van der Waals surface area contributed by atoms with Gasteiger partial charge in [0.15, 0.2) is 5.13 Å². The minimum Gasteiger partial charge on any atom is -0.375 e. The summed E-state index contributed by atoms with van der Waals surface area (Å²) in [5, 5.41) is 0.476. The number of likely N-dealkylation sites (tertiary alicyclic amines) is 1. The Morgan fingerprint density at radius 2 is 2.18 bits per heavy atom. The highest BCUT2D eigenvalue weighted by atomic mass is 32.1. The third-order valence-corrected chi connectivity index (χ3v) is 4.36. The van der Waals surface area contributed by atoms with Crippen molar-refractivity contribution in [3.05, 3.63) is 10.6 Å². The summed E-state index contributed by atoms with van der Waals surface area (Å²) in [6.07, 6.45) is 2.29. The molecule has 0 radical (unpaired) electrons. The molecule has 2 atom stereocenters. The van der Waals surface area contributed by atoms with E-state index in [0.717, 1.165) is 18.7 Å². The molecule has 94 valence electrons. The van der Waals surface area contributed by atoms with Crippen LogP contribution in [0.5, 0.6) is 0 Å². The maximum atomic E-state index is 12.4. The van der Waals surface area contributed by atoms with Crippen LogP contribution < -0.4 is 5.73 Å². The number of anilines is 1. The van der Waals surface area contributed by atoms with Gasteiger partial charge in [-0.25, -0.2) is 4.98 Å². The fourth-order valence-corrected chi connectivity index (χ4v) is 3.11. The molecule has 1 aromatic rings. The Morgan fingerprint density at radius 1 is 1.47 bits per heavy atom. The van der Waals surface area contributed by atoms with E-state index in [1.807, 2.05) is 11.8 Å². The van der Waals surface area contributed by atoms with Gasteiger partial charge in [-0.15, -0.1) is 0 Å². The number of amides is 1. The average molecular weight is 253 g/mol. The highest BCUT2D eigenvalue weighted by molar-refractivity contribution is 7.17. The largest absolute Gasteiger partial charge is 0.375 e. The van der Waals surface area contributed by atoms with Crippen molar-refractivity contribution in [1.29, 1.82) is 0 Å². The molecule has 1 aliphatic rings. The number of piperidine rings is 1. The number of aromatic nitrogens is 1. The summed E-state index contributed by atoms with van der Waals surface area (Å²) in [7, 11) is 0. The van der Waals surface area contributed by atoms with Gasteiger partial charge in [-0.1, -0.05) is 18.3 Å². The first-order valence-corrected chi connectivity index (χ1v) is 6.84. The van der Waals surface area contributed by atoms with Gasteiger partial charge in [-0.05, 0) is 32.6 Å². The Bertz CT molecular complexity index is 429. The molecular weight excluding hydrogens is 234 g/mol. The topological polar surface area (TPSA) is 59.2 Å². The number of carbonyl (C=O) groups is 1. The minimum atomic E-state index is 0.0933. The summed E-state index contributed by atoms with van der Waals surface area (Å²) in [6, 6.07) is 0.321. The molecule has 17 heavy (non-hydrogen) atoms. The van der Waals surface area contributed by atoms with Crippen LogP contribution in [0.4, 0.5) is 5.13 Å². The van der Waals surface area contributed by atoms with Gasteiger partial charge < -0.3 is 10.6 Å². The average Bonchev–Trinajstić information content (AvgIpc) is 2.60. The second kappa shape index (κ2) is 4.64. The van der Waals surface area contributed by atoms with E-state index in [2.05, 4.69) is 18.8 Å². The molecule has 0 aliphatic carbocycles. The van der Waals surface area contributed by atoms with Gasteiger partial charge in [0.25, 0.3) is 5.91 Å². The predicted molar refractivity (Wildman–Crippen MR) is 70.2 cm³/mol. The molecule has 4 nitrogen and oxygen atoms in total. The zero-order chi connectivity index (χ0) is 12.6. The molecule has 2 N–H and O–H groups in total. The van der Waals surface area contributed by atoms with Crippen molar-refractivity contribution in [2.24, 2.45) is 5.92 Å². The van der Waals surface area contributed by atoms with Crippen molar-refractivity contribution in [3.63, 3.8) is 0 Å². The first kappa shape index (κ1) is 12.4. The van der Waals surface area contributed by atoms with Crippen molar-refractivity contribution >= 4 is 22.4 Å². The van der Waals surface area contributed by atoms with E-state index in [1.165, 1.54) is 17.8 Å². The monoisotopic (exact) mass is 253 g/mol. The highest BCUT2D eigenvalue weighted by Crippen LogP contribution is 2.27. The van der Waals surface area contributed by atoms with Crippen LogP contribution in [0.3, 0.4) is 0 Å². The zero-order valence-corrected chi connectivity index (χ0v) is 11.4. The molecule has 5 heteroatoms. The summed E-state index contributed by atoms with van der Waals surface area (Å²) in [4.78, 5) is 19.2. The Hall–Kier alpha value is -1.10. The predicted octanol–water partition coefficient (Wildman–Crippen LogP) is 2.29. The zero-order valence-electron chi connectivity index (χ0n) is 10.6. The van der Waals surface area contributed by atoms with Crippen molar-refractivity contribution in [2.75, 3.05) is 12.3 Å². The van der Waals surface area contributed by atoms with Crippen LogP contribution >= 0.6 is 11.3 Å². The molecule has 1 amide bonds. The minimum absolute atomic E-state index is 0.0933. The van der Waals surface area contributed by atoms with Crippen LogP contribution in [0, 0.1) is 12.8 Å². The molecule has 0 aromatic carbocycles. The molecule has 2 heterocycles. The van der Waals surface area contributed by atoms with Crippen molar-refractivity contribution in [2.45, 2.75) is 39.7 Å². The number of carbonyl (C=O) groups excluding carboxylic acids is 1. The standard InChI is InChI=1S/C12H19N3OS/c1-7-4-5-8(2)15(6-7)11(16)10-9(3)14-12(13)17-10/h7-8H,4-6H2,1-3H3,(H2,13,14). The second-order valence-corrected chi connectivity index (χ2v) is 5.99. The first-order valence-electron chi connectivity index (χ1n) is 6.03. The van der Waals surface area contributed by atoms with Crippen LogP contribution in [0.15, 0.2) is 0 Å². The van der Waals surface area contributed by atoms with Gasteiger partial charge in [-0.3, -0.25) is 4.79 Å². The lowest BCUT2D eigenvalue weighted by molar-refractivity contribution is 0.0578. The number of nitrogens with two attached hydrogens (primary N) is 1. The molecule has 2 unspecified atom stereocenters. The third-order valence-electron chi connectivity index (χ3n) is 3.39. The fourth-order valence-electron chi connectivity index (χ4n) is 2.32. The maximum absolute atomic E-state index is 12.4. The van der Waals surface area contributed by atoms with Crippen molar-refractivity contribution in [3.8, 4) is 0 Å². The Morgan fingerprint density at radius 3 is 2.76 bits per heavy atom. The Kier molecular flexibility index (Phi) is 3.38. The Labute approximate surface area is 106 Å². The van der Waals surface area contributed by atoms with E-state index in [9.17, 15) is 4.79 Å². The molecule has 1 aromatic heterocycles. The van der Waals surface area contributed by atoms with Crippen LogP contribution in [0.25, 0.3) is 0 Å². The second-order valence-electron chi connectivity index (χ2n) is 4.96. The van der Waals surface area contributed by atoms with E-state index in [4.69, 9.17) is 5.73 Å². The van der Waals surface area contributed by atoms with E-state index in [1.54, 1.807) is 0 Å². The van der Waals surface area contributed by atoms with Gasteiger partial charge in [0.05, 0.1) is 5.69 Å². The van der Waals surface area contributed by atoms with Gasteiger partial charge in [0.1, 0.15) is 4.88 Å². The third kappa shape index (κ3) is 2.44. The van der Waals surface area contributed by atoms with Crippen LogP contribution in [0.2, 0.25) is 0 Å². The van der Waals surface area contributed by atoms with Crippen molar-refractivity contribution in [1.82, 2.24) is 9.88 Å². The molecule has 1 fully saturated rings. The first-order chi connectivity index (χ1) is 7.99. The van der Waals surface area contributed by atoms with Gasteiger partial charge >= 0.3 is 0 Å². The SMILES string of the molecule is Cc1nc(N)sc1C(=O)N1CC(C)CCC1C. The number of nitrogen functional groups attached to an aromatic ring is 1. The summed E-state index contributed by atoms with van der Waals surface area (Å²) in [5.41, 5.74) is 6.40. The summed E-state index contributed by atoms with van der Waals surface area (Å²) >= 11 is 1.29. The van der Waals surface area contributed by atoms with E-state index < -0.39 is 0 Å². The summed E-state index contributed by atoms with van der Waals surface area (Å²) < 4.78 is 0. The number of hydrogen-bond donors (Lipinski definition) is 1. The van der Waals surface area contributed by atoms with Crippen molar-refractivity contribution < 1.29 is 4.79 Å². The van der Waals surface area contributed by atoms with Crippen LogP contribution in [-0.4, -0.2) is 28.4 Å². The molecule has 0 spiro atoms. The number of hydrogen-bond acceptors (Lipinski definition) is 4. The number of thiazole rings is 1. The summed E-state index contributed by atoms with van der Waals surface area (Å²) in [5.74, 6) is 0.677. The molecule has 1 aliphatic heterocycles. The number of rotatable bonds is 1. The molecule has 0 saturated carbocycles. The maximum Gasteiger partial charge on any atom is 0.266 e. The Balaban J connectivity index is 2.21. The molecule has 2 rings (SSSR count). The number of nitrogens with zero attached hydrogens (tertiary/aromatic N) is 2. The lowest BCUT2D eigenvalue weighted by Crippen LogP contribution is -2.44. The molecular formula is C12H19N3OS. The van der Waals surface area contributed by atoms with E-state index in [-0.39, 0.29) is 5.91 Å². The number of aryl methyl sites for hydroxylation is 1. The molecule has 1 saturated heterocycles. The van der Waals surface area contributed by atoms with E-state index in [0.29, 0.717) is 22.0 Å². The van der Waals surface area contributed by atoms with Gasteiger partial charge in [0, 0.05) is 12.6 Å². The van der Waals surface area contributed by atoms with E-state index >= 15 is 0 Å². The normalized spacial score (nSPS) is 25.0. The van der Waals surface area contributed by atoms with Gasteiger partial charge in [-0.2, -0.15) is 0 Å².